The highest BCUT2D eigenvalue weighted by atomic mass is 19.1. The van der Waals surface area contributed by atoms with Crippen molar-refractivity contribution >= 4 is 0 Å². The maximum atomic E-state index is 13.3. The van der Waals surface area contributed by atoms with Gasteiger partial charge in [0, 0.05) is 43.2 Å². The third kappa shape index (κ3) is 5.11. The Bertz CT molecular complexity index is 1200. The highest BCUT2D eigenvalue weighted by Gasteiger charge is 2.13. The van der Waals surface area contributed by atoms with E-state index in [1.54, 1.807) is 43.0 Å². The van der Waals surface area contributed by atoms with Crippen molar-refractivity contribution in [3.8, 4) is 17.3 Å². The molecule has 7 heteroatoms. The van der Waals surface area contributed by atoms with Crippen LogP contribution in [0.25, 0.3) is 11.3 Å². The van der Waals surface area contributed by atoms with Crippen LogP contribution in [0, 0.1) is 17.1 Å². The molecular formula is C24H19FN6. The van der Waals surface area contributed by atoms with Crippen LogP contribution in [0.5, 0.6) is 0 Å². The molecule has 31 heavy (non-hydrogen) atoms. The fourth-order valence-electron chi connectivity index (χ4n) is 3.28. The van der Waals surface area contributed by atoms with E-state index in [0.29, 0.717) is 24.4 Å². The van der Waals surface area contributed by atoms with E-state index in [1.807, 2.05) is 18.2 Å². The minimum Gasteiger partial charge on any atom is -0.261 e. The van der Waals surface area contributed by atoms with Crippen molar-refractivity contribution in [3.63, 3.8) is 0 Å². The van der Waals surface area contributed by atoms with Gasteiger partial charge in [-0.2, -0.15) is 5.26 Å². The Morgan fingerprint density at radius 2 is 1.81 bits per heavy atom. The average molecular weight is 410 g/mol. The summed E-state index contributed by atoms with van der Waals surface area (Å²) in [4.78, 5) is 22.1. The maximum Gasteiger partial charge on any atom is 0.140 e. The molecule has 3 aromatic heterocycles. The highest BCUT2D eigenvalue weighted by Crippen LogP contribution is 2.23. The summed E-state index contributed by atoms with van der Waals surface area (Å²) in [5.74, 6) is 0.533. The fourth-order valence-corrected chi connectivity index (χ4v) is 3.28. The van der Waals surface area contributed by atoms with E-state index in [9.17, 15) is 4.39 Å². The van der Waals surface area contributed by atoms with E-state index >= 15 is 0 Å². The fraction of sp³-hybridized carbons (Fsp3) is 0.167. The van der Waals surface area contributed by atoms with Crippen LogP contribution in [-0.2, 0) is 12.8 Å². The number of pyridine rings is 1. The Kier molecular flexibility index (Phi) is 5.99. The van der Waals surface area contributed by atoms with E-state index in [0.717, 1.165) is 28.2 Å². The summed E-state index contributed by atoms with van der Waals surface area (Å²) in [6.45, 7) is 2.06. The summed E-state index contributed by atoms with van der Waals surface area (Å²) in [6, 6.07) is 13.9. The number of nitriles is 1. The normalized spacial score (nSPS) is 11.6. The lowest BCUT2D eigenvalue weighted by molar-refractivity contribution is 0.624. The van der Waals surface area contributed by atoms with Crippen LogP contribution in [0.15, 0.2) is 67.3 Å². The first-order valence-corrected chi connectivity index (χ1v) is 9.84. The molecule has 0 bridgehead atoms. The Morgan fingerprint density at radius 3 is 2.48 bits per heavy atom. The van der Waals surface area contributed by atoms with Gasteiger partial charge in [-0.05, 0) is 41.8 Å². The van der Waals surface area contributed by atoms with Crippen LogP contribution in [-0.4, -0.2) is 24.9 Å². The van der Waals surface area contributed by atoms with E-state index < -0.39 is 0 Å². The van der Waals surface area contributed by atoms with Gasteiger partial charge in [-0.25, -0.2) is 19.3 Å². The number of benzene rings is 1. The first-order valence-electron chi connectivity index (χ1n) is 9.84. The quantitative estimate of drug-likeness (QED) is 0.471. The van der Waals surface area contributed by atoms with Crippen LogP contribution < -0.4 is 0 Å². The Balaban J connectivity index is 1.67. The van der Waals surface area contributed by atoms with Gasteiger partial charge >= 0.3 is 0 Å². The number of hydrogen-bond donors (Lipinski definition) is 0. The summed E-state index contributed by atoms with van der Waals surface area (Å²) < 4.78 is 13.3. The monoisotopic (exact) mass is 410 g/mol. The second-order valence-electron chi connectivity index (χ2n) is 7.23. The van der Waals surface area contributed by atoms with Gasteiger partial charge in [-0.3, -0.25) is 9.97 Å². The van der Waals surface area contributed by atoms with Crippen LogP contribution in [0.4, 0.5) is 4.39 Å². The molecule has 4 aromatic rings. The molecule has 0 N–H and O–H groups in total. The summed E-state index contributed by atoms with van der Waals surface area (Å²) in [6.07, 6.45) is 7.75. The molecule has 0 radical (unpaired) electrons. The molecule has 1 atom stereocenters. The lowest BCUT2D eigenvalue weighted by Crippen LogP contribution is -2.07. The van der Waals surface area contributed by atoms with Gasteiger partial charge in [0.15, 0.2) is 0 Å². The second-order valence-corrected chi connectivity index (χ2v) is 7.23. The molecule has 0 aliphatic heterocycles. The summed E-state index contributed by atoms with van der Waals surface area (Å²) in [5, 5.41) is 9.00. The molecule has 0 aliphatic rings. The molecule has 0 fully saturated rings. The second kappa shape index (κ2) is 9.18. The van der Waals surface area contributed by atoms with Crippen LogP contribution in [0.3, 0.4) is 0 Å². The zero-order valence-corrected chi connectivity index (χ0v) is 16.9. The van der Waals surface area contributed by atoms with Gasteiger partial charge in [-0.1, -0.05) is 19.1 Å². The average Bonchev–Trinajstić information content (AvgIpc) is 2.80. The van der Waals surface area contributed by atoms with Gasteiger partial charge in [-0.15, -0.1) is 0 Å². The zero-order chi connectivity index (χ0) is 21.6. The van der Waals surface area contributed by atoms with Crippen molar-refractivity contribution in [1.82, 2.24) is 24.9 Å². The molecule has 0 unspecified atom stereocenters. The largest absolute Gasteiger partial charge is 0.261 e. The van der Waals surface area contributed by atoms with Crippen molar-refractivity contribution in [1.29, 1.82) is 5.26 Å². The first kappa shape index (κ1) is 20.2. The van der Waals surface area contributed by atoms with Gasteiger partial charge in [0.25, 0.3) is 0 Å². The zero-order valence-electron chi connectivity index (χ0n) is 16.9. The lowest BCUT2D eigenvalue weighted by Gasteiger charge is -2.13. The van der Waals surface area contributed by atoms with Gasteiger partial charge in [0.05, 0.1) is 17.1 Å². The Labute approximate surface area is 179 Å². The molecule has 152 valence electrons. The molecule has 1 aromatic carbocycles. The SMILES string of the molecule is C[C@H](Cc1nc(Cc2cnccn2)cc(-c2ccc(C#N)nc2)n1)c1ccc(F)cc1. The van der Waals surface area contributed by atoms with E-state index in [4.69, 9.17) is 15.2 Å². The number of nitrogens with zero attached hydrogens (tertiary/aromatic N) is 6. The van der Waals surface area contributed by atoms with Crippen molar-refractivity contribution < 1.29 is 4.39 Å². The predicted octanol–water partition coefficient (Wildman–Crippen LogP) is 4.28. The molecular weight excluding hydrogens is 391 g/mol. The number of halogens is 1. The Morgan fingerprint density at radius 1 is 0.968 bits per heavy atom. The molecule has 0 saturated heterocycles. The maximum absolute atomic E-state index is 13.3. The van der Waals surface area contributed by atoms with Crippen molar-refractivity contribution in [2.24, 2.45) is 0 Å². The van der Waals surface area contributed by atoms with Gasteiger partial charge in [0.1, 0.15) is 23.4 Å². The van der Waals surface area contributed by atoms with Gasteiger partial charge in [0.2, 0.25) is 0 Å². The van der Waals surface area contributed by atoms with Crippen LogP contribution >= 0.6 is 0 Å². The summed E-state index contributed by atoms with van der Waals surface area (Å²) in [7, 11) is 0. The molecule has 3 heterocycles. The highest BCUT2D eigenvalue weighted by molar-refractivity contribution is 5.59. The lowest BCUT2D eigenvalue weighted by atomic mass is 9.97. The third-order valence-corrected chi connectivity index (χ3v) is 4.91. The molecule has 0 saturated carbocycles. The van der Waals surface area contributed by atoms with Crippen LogP contribution in [0.2, 0.25) is 0 Å². The summed E-state index contributed by atoms with van der Waals surface area (Å²) in [5.41, 5.74) is 4.53. The minimum atomic E-state index is -0.256. The van der Waals surface area contributed by atoms with Crippen molar-refractivity contribution in [2.45, 2.75) is 25.7 Å². The third-order valence-electron chi connectivity index (χ3n) is 4.91. The Hall–Kier alpha value is -4.05. The first-order chi connectivity index (χ1) is 15.1. The van der Waals surface area contributed by atoms with E-state index in [1.165, 1.54) is 12.1 Å². The molecule has 0 aliphatic carbocycles. The predicted molar refractivity (Wildman–Crippen MR) is 113 cm³/mol. The van der Waals surface area contributed by atoms with Crippen molar-refractivity contribution in [2.75, 3.05) is 0 Å². The molecule has 0 amide bonds. The number of aromatic nitrogens is 5. The van der Waals surface area contributed by atoms with Crippen LogP contribution in [0.1, 0.15) is 41.3 Å². The number of rotatable bonds is 6. The standard InChI is InChI=1S/C24H19FN6/c1-16(17-2-5-19(25)6-3-17)10-24-30-21(11-22-15-27-8-9-28-22)12-23(31-24)18-4-7-20(13-26)29-14-18/h2-9,12,14-16H,10-11H2,1H3/t16-/m1/s1. The molecule has 4 rings (SSSR count). The smallest absolute Gasteiger partial charge is 0.140 e. The van der Waals surface area contributed by atoms with E-state index in [2.05, 4.69) is 21.9 Å². The molecule has 6 nitrogen and oxygen atoms in total. The van der Waals surface area contributed by atoms with Crippen molar-refractivity contribution in [3.05, 3.63) is 102 Å². The minimum absolute atomic E-state index is 0.110. The molecule has 0 spiro atoms. The summed E-state index contributed by atoms with van der Waals surface area (Å²) >= 11 is 0. The van der Waals surface area contributed by atoms with Gasteiger partial charge < -0.3 is 0 Å². The number of hydrogen-bond acceptors (Lipinski definition) is 6. The topological polar surface area (TPSA) is 88.2 Å². The van der Waals surface area contributed by atoms with E-state index in [-0.39, 0.29) is 11.7 Å².